The third kappa shape index (κ3) is 20.7. The van der Waals surface area contributed by atoms with Gasteiger partial charge in [0.2, 0.25) is 0 Å². The molecule has 24 heavy (non-hydrogen) atoms. The van der Waals surface area contributed by atoms with Gasteiger partial charge in [-0.05, 0) is 23.3 Å². The summed E-state index contributed by atoms with van der Waals surface area (Å²) in [5.74, 6) is 0. The summed E-state index contributed by atoms with van der Waals surface area (Å²) in [6.45, 7) is 29.2. The maximum Gasteiger partial charge on any atom is -0.0132 e. The molecule has 0 heteroatoms. The summed E-state index contributed by atoms with van der Waals surface area (Å²) in [5, 5.41) is 0. The van der Waals surface area contributed by atoms with Gasteiger partial charge in [0, 0.05) is 0 Å². The van der Waals surface area contributed by atoms with Crippen LogP contribution in [0.3, 0.4) is 0 Å². The van der Waals surface area contributed by atoms with Gasteiger partial charge in [0.15, 0.2) is 0 Å². The van der Waals surface area contributed by atoms with Crippen LogP contribution in [0.1, 0.15) is 85.8 Å². The predicted octanol–water partition coefficient (Wildman–Crippen LogP) is 8.51. The second kappa shape index (κ2) is 15.2. The van der Waals surface area contributed by atoms with Gasteiger partial charge in [0.1, 0.15) is 0 Å². The summed E-state index contributed by atoms with van der Waals surface area (Å²) in [7, 11) is 0. The van der Waals surface area contributed by atoms with Gasteiger partial charge < -0.3 is 0 Å². The monoisotopic (exact) mass is 332 g/mol. The molecular weight excluding hydrogens is 288 g/mol. The normalized spacial score (nSPS) is 10.0. The maximum absolute atomic E-state index is 3.63. The lowest BCUT2D eigenvalue weighted by atomic mass is 9.87. The third-order valence-electron chi connectivity index (χ3n) is 3.24. The van der Waals surface area contributed by atoms with Crippen molar-refractivity contribution in [3.05, 3.63) is 61.2 Å². The van der Waals surface area contributed by atoms with Crippen molar-refractivity contribution in [1.82, 2.24) is 0 Å². The number of benzene rings is 1. The zero-order valence-corrected chi connectivity index (χ0v) is 18.1. The molecule has 0 saturated heterocycles. The van der Waals surface area contributed by atoms with Crippen LogP contribution in [-0.2, 0) is 5.41 Å². The zero-order valence-electron chi connectivity index (χ0n) is 18.1. The van der Waals surface area contributed by atoms with Crippen molar-refractivity contribution in [1.29, 1.82) is 0 Å². The molecule has 1 aromatic carbocycles. The number of hydrogen-bond donors (Lipinski definition) is 0. The molecule has 0 aromatic heterocycles. The van der Waals surface area contributed by atoms with Gasteiger partial charge in [-0.3, -0.25) is 0 Å². The van der Waals surface area contributed by atoms with Crippen LogP contribution in [0, 0.1) is 12.3 Å². The first-order chi connectivity index (χ1) is 11.0. The Morgan fingerprint density at radius 3 is 1.33 bits per heavy atom. The highest BCUT2D eigenvalue weighted by molar-refractivity contribution is 5.26. The van der Waals surface area contributed by atoms with Crippen LogP contribution >= 0.6 is 0 Å². The molecule has 140 valence electrons. The molecular formula is C24H44. The average molecular weight is 333 g/mol. The fourth-order valence-electron chi connectivity index (χ4n) is 1.41. The first-order valence-electron chi connectivity index (χ1n) is 9.18. The highest BCUT2D eigenvalue weighted by Crippen LogP contribution is 2.21. The topological polar surface area (TPSA) is 0 Å². The van der Waals surface area contributed by atoms with Crippen molar-refractivity contribution >= 4 is 0 Å². The minimum atomic E-state index is 0.285. The summed E-state index contributed by atoms with van der Waals surface area (Å²) in [6.07, 6.45) is 6.01. The van der Waals surface area contributed by atoms with Gasteiger partial charge in [-0.1, -0.05) is 111 Å². The Labute approximate surface area is 154 Å². The van der Waals surface area contributed by atoms with E-state index in [1.165, 1.54) is 30.4 Å². The summed E-state index contributed by atoms with van der Waals surface area (Å²) < 4.78 is 0. The van der Waals surface area contributed by atoms with E-state index in [0.29, 0.717) is 5.41 Å². The fourth-order valence-corrected chi connectivity index (χ4v) is 1.41. The molecule has 0 atom stereocenters. The summed E-state index contributed by atoms with van der Waals surface area (Å²) in [4.78, 5) is 0. The predicted molar refractivity (Wildman–Crippen MR) is 116 cm³/mol. The van der Waals surface area contributed by atoms with Gasteiger partial charge in [-0.15, -0.1) is 19.7 Å². The molecule has 0 saturated carbocycles. The summed E-state index contributed by atoms with van der Waals surface area (Å²) in [5.41, 5.74) is 3.33. The molecule has 0 aliphatic heterocycles. The van der Waals surface area contributed by atoms with E-state index in [0.717, 1.165) is 0 Å². The molecule has 0 fully saturated rings. The molecule has 0 unspecified atom stereocenters. The Bertz CT molecular complexity index is 380. The molecule has 0 spiro atoms. The number of unbranched alkanes of at least 4 members (excludes halogenated alkanes) is 2. The lowest BCUT2D eigenvalue weighted by molar-refractivity contribution is 0.546. The lowest BCUT2D eigenvalue weighted by Crippen LogP contribution is -2.10. The first-order valence-corrected chi connectivity index (χ1v) is 9.18. The average Bonchev–Trinajstić information content (AvgIpc) is 2.50. The highest BCUT2D eigenvalue weighted by Gasteiger charge is 2.11. The summed E-state index contributed by atoms with van der Waals surface area (Å²) >= 11 is 0. The van der Waals surface area contributed by atoms with Crippen LogP contribution in [0.25, 0.3) is 0 Å². The van der Waals surface area contributed by atoms with E-state index in [9.17, 15) is 0 Å². The van der Waals surface area contributed by atoms with Crippen LogP contribution in [0.2, 0.25) is 0 Å². The molecule has 0 N–H and O–H groups in total. The van der Waals surface area contributed by atoms with E-state index < -0.39 is 0 Å². The van der Waals surface area contributed by atoms with Crippen LogP contribution in [0.15, 0.2) is 50.1 Å². The Hall–Kier alpha value is -1.30. The van der Waals surface area contributed by atoms with E-state index in [4.69, 9.17) is 0 Å². The van der Waals surface area contributed by atoms with Crippen molar-refractivity contribution < 1.29 is 0 Å². The molecule has 0 bridgehead atoms. The van der Waals surface area contributed by atoms with Gasteiger partial charge in [0.05, 0.1) is 0 Å². The van der Waals surface area contributed by atoms with Gasteiger partial charge in [-0.2, -0.15) is 0 Å². The van der Waals surface area contributed by atoms with Crippen LogP contribution in [-0.4, -0.2) is 0 Å². The molecule has 0 aliphatic rings. The first kappa shape index (κ1) is 27.5. The minimum absolute atomic E-state index is 0.285. The Balaban J connectivity index is -0.000000290. The standard InChI is InChI=1S/C11H16.C6H12.C5H12.C2H4/c1-9-5-7-10(8-6-9)11(2,3)4;1-5-6(2,3)4;1-3-5-4-2;1-2/h5-8H,1-4H3;5H,1H2,2-4H3;3-5H2,1-2H3;1-2H2. The zero-order chi connectivity index (χ0) is 19.8. The van der Waals surface area contributed by atoms with E-state index in [2.05, 4.69) is 106 Å². The van der Waals surface area contributed by atoms with E-state index in [1.807, 2.05) is 6.08 Å². The third-order valence-corrected chi connectivity index (χ3v) is 3.24. The molecule has 0 nitrogen and oxygen atoms in total. The minimum Gasteiger partial charge on any atom is -0.106 e. The van der Waals surface area contributed by atoms with E-state index in [-0.39, 0.29) is 5.41 Å². The SMILES string of the molecule is C=C.C=CC(C)(C)C.CCCCC.Cc1ccc(C(C)(C)C)cc1. The van der Waals surface area contributed by atoms with Crippen molar-refractivity contribution in [2.24, 2.45) is 5.41 Å². The fraction of sp³-hybridized carbons (Fsp3) is 0.583. The van der Waals surface area contributed by atoms with Crippen molar-refractivity contribution in [3.63, 3.8) is 0 Å². The molecule has 0 aliphatic carbocycles. The molecule has 1 aromatic rings. The van der Waals surface area contributed by atoms with Crippen LogP contribution in [0.4, 0.5) is 0 Å². The molecule has 0 heterocycles. The van der Waals surface area contributed by atoms with Crippen molar-refractivity contribution in [3.8, 4) is 0 Å². The van der Waals surface area contributed by atoms with E-state index in [1.54, 1.807) is 0 Å². The smallest absolute Gasteiger partial charge is 0.0132 e. The second-order valence-electron chi connectivity index (χ2n) is 8.04. The Morgan fingerprint density at radius 2 is 1.17 bits per heavy atom. The number of aryl methyl sites for hydroxylation is 1. The van der Waals surface area contributed by atoms with Crippen molar-refractivity contribution in [2.45, 2.75) is 87.0 Å². The number of hydrogen-bond acceptors (Lipinski definition) is 0. The lowest BCUT2D eigenvalue weighted by Gasteiger charge is -2.18. The number of allylic oxidation sites excluding steroid dienone is 1. The quantitative estimate of drug-likeness (QED) is 0.476. The van der Waals surface area contributed by atoms with E-state index >= 15 is 0 Å². The van der Waals surface area contributed by atoms with Crippen molar-refractivity contribution in [2.75, 3.05) is 0 Å². The van der Waals surface area contributed by atoms with Crippen LogP contribution < -0.4 is 0 Å². The molecule has 0 amide bonds. The Kier molecular flexibility index (Phi) is 17.5. The summed E-state index contributed by atoms with van der Waals surface area (Å²) in [6, 6.07) is 8.74. The highest BCUT2D eigenvalue weighted by atomic mass is 14.2. The second-order valence-corrected chi connectivity index (χ2v) is 8.04. The maximum atomic E-state index is 3.63. The molecule has 1 rings (SSSR count). The van der Waals surface area contributed by atoms with Gasteiger partial charge in [-0.25, -0.2) is 0 Å². The largest absolute Gasteiger partial charge is 0.106 e. The van der Waals surface area contributed by atoms with Gasteiger partial charge in [0.25, 0.3) is 0 Å². The van der Waals surface area contributed by atoms with Crippen LogP contribution in [0.5, 0.6) is 0 Å². The molecule has 0 radical (unpaired) electrons. The van der Waals surface area contributed by atoms with Gasteiger partial charge >= 0.3 is 0 Å². The number of rotatable bonds is 2. The Morgan fingerprint density at radius 1 is 0.833 bits per heavy atom.